The molecular weight excluding hydrogens is 300 g/mol. The predicted octanol–water partition coefficient (Wildman–Crippen LogP) is 3.09. The fraction of sp³-hybridized carbons (Fsp3) is 0.579. The second-order valence-corrected chi connectivity index (χ2v) is 6.97. The molecule has 0 N–H and O–H groups in total. The minimum atomic E-state index is 0.535. The zero-order valence-corrected chi connectivity index (χ0v) is 14.2. The Hall–Kier alpha value is -1.88. The van der Waals surface area contributed by atoms with Crippen molar-refractivity contribution in [2.24, 2.45) is 0 Å². The van der Waals surface area contributed by atoms with Gasteiger partial charge < -0.3 is 14.2 Å². The van der Waals surface area contributed by atoms with E-state index in [-0.39, 0.29) is 0 Å². The molecule has 2 heterocycles. The Morgan fingerprint density at radius 2 is 1.88 bits per heavy atom. The second-order valence-electron chi connectivity index (χ2n) is 6.97. The van der Waals surface area contributed by atoms with Gasteiger partial charge in [0.25, 0.3) is 0 Å². The first kappa shape index (κ1) is 15.6. The van der Waals surface area contributed by atoms with Crippen LogP contribution in [0.5, 0.6) is 0 Å². The molecule has 2 aliphatic rings. The molecule has 1 saturated heterocycles. The fourth-order valence-electron chi connectivity index (χ4n) is 3.39. The maximum atomic E-state index is 5.86. The van der Waals surface area contributed by atoms with Crippen LogP contribution < -0.4 is 4.90 Å². The molecule has 4 rings (SSSR count). The van der Waals surface area contributed by atoms with E-state index in [4.69, 9.17) is 4.42 Å². The van der Waals surface area contributed by atoms with Crippen molar-refractivity contribution in [3.63, 3.8) is 0 Å². The van der Waals surface area contributed by atoms with Crippen LogP contribution in [0.3, 0.4) is 0 Å². The summed E-state index contributed by atoms with van der Waals surface area (Å²) in [5.74, 6) is 1.38. The van der Waals surface area contributed by atoms with Gasteiger partial charge in [-0.15, -0.1) is 5.10 Å². The lowest BCUT2D eigenvalue weighted by atomic mass is 10.1. The van der Waals surface area contributed by atoms with Gasteiger partial charge in [-0.25, -0.2) is 0 Å². The Labute approximate surface area is 143 Å². The van der Waals surface area contributed by atoms with E-state index in [2.05, 4.69) is 50.3 Å². The molecule has 5 nitrogen and oxygen atoms in total. The zero-order valence-electron chi connectivity index (χ0n) is 14.2. The summed E-state index contributed by atoms with van der Waals surface area (Å²) in [5.41, 5.74) is 1.44. The van der Waals surface area contributed by atoms with Gasteiger partial charge in [0, 0.05) is 25.6 Å². The molecule has 0 unspecified atom stereocenters. The first-order valence-electron chi connectivity index (χ1n) is 9.23. The molecule has 1 aromatic heterocycles. The molecule has 24 heavy (non-hydrogen) atoms. The molecule has 0 amide bonds. The molecule has 0 bridgehead atoms. The smallest absolute Gasteiger partial charge is 0.318 e. The number of hydrogen-bond acceptors (Lipinski definition) is 5. The minimum Gasteiger partial charge on any atom is -0.408 e. The van der Waals surface area contributed by atoms with Gasteiger partial charge in [-0.2, -0.15) is 0 Å². The second kappa shape index (κ2) is 7.34. The van der Waals surface area contributed by atoms with E-state index in [1.54, 1.807) is 0 Å². The number of anilines is 1. The summed E-state index contributed by atoms with van der Waals surface area (Å²) in [5, 5.41) is 8.47. The van der Waals surface area contributed by atoms with Crippen LogP contribution in [0.25, 0.3) is 0 Å². The number of aromatic nitrogens is 2. The lowest BCUT2D eigenvalue weighted by molar-refractivity contribution is 0.289. The molecule has 2 fully saturated rings. The highest BCUT2D eigenvalue weighted by Gasteiger charge is 2.30. The molecule has 5 heteroatoms. The largest absolute Gasteiger partial charge is 0.408 e. The molecule has 128 valence electrons. The first-order valence-corrected chi connectivity index (χ1v) is 9.23. The van der Waals surface area contributed by atoms with Crippen molar-refractivity contribution in [1.82, 2.24) is 15.1 Å². The van der Waals surface area contributed by atoms with E-state index < -0.39 is 0 Å². The Kier molecular flexibility index (Phi) is 4.78. The molecule has 1 aliphatic heterocycles. The monoisotopic (exact) mass is 326 g/mol. The molecule has 1 aromatic carbocycles. The summed E-state index contributed by atoms with van der Waals surface area (Å²) in [4.78, 5) is 4.83. The summed E-state index contributed by atoms with van der Waals surface area (Å²) < 4.78 is 5.86. The highest BCUT2D eigenvalue weighted by molar-refractivity contribution is 5.25. The minimum absolute atomic E-state index is 0.535. The van der Waals surface area contributed by atoms with Gasteiger partial charge in [-0.3, -0.25) is 0 Å². The number of rotatable bonds is 6. The lowest BCUT2D eigenvalue weighted by Gasteiger charge is -2.20. The van der Waals surface area contributed by atoms with Gasteiger partial charge in [0.15, 0.2) is 0 Å². The molecule has 2 aromatic rings. The molecular formula is C19H26N4O. The predicted molar refractivity (Wildman–Crippen MR) is 94.3 cm³/mol. The van der Waals surface area contributed by atoms with Crippen LogP contribution in [0.4, 0.5) is 6.01 Å². The van der Waals surface area contributed by atoms with Crippen LogP contribution in [0, 0.1) is 0 Å². The third kappa shape index (κ3) is 3.96. The molecule has 1 saturated carbocycles. The van der Waals surface area contributed by atoms with Gasteiger partial charge in [0.2, 0.25) is 5.89 Å². The van der Waals surface area contributed by atoms with Crippen molar-refractivity contribution in [2.75, 3.05) is 37.6 Å². The van der Waals surface area contributed by atoms with Gasteiger partial charge in [0.1, 0.15) is 0 Å². The average molecular weight is 326 g/mol. The third-order valence-electron chi connectivity index (χ3n) is 5.00. The summed E-state index contributed by atoms with van der Waals surface area (Å²) in [6, 6.07) is 11.5. The quantitative estimate of drug-likeness (QED) is 0.816. The maximum Gasteiger partial charge on any atom is 0.318 e. The molecule has 0 spiro atoms. The van der Waals surface area contributed by atoms with Crippen LogP contribution in [0.1, 0.15) is 43.1 Å². The van der Waals surface area contributed by atoms with Crippen LogP contribution in [-0.4, -0.2) is 47.8 Å². The van der Waals surface area contributed by atoms with Crippen LogP contribution in [-0.2, 0) is 6.42 Å². The summed E-state index contributed by atoms with van der Waals surface area (Å²) in [7, 11) is 0. The highest BCUT2D eigenvalue weighted by Crippen LogP contribution is 2.39. The summed E-state index contributed by atoms with van der Waals surface area (Å²) >= 11 is 0. The van der Waals surface area contributed by atoms with Crippen molar-refractivity contribution in [3.8, 4) is 0 Å². The lowest BCUT2D eigenvalue weighted by Crippen LogP contribution is -2.31. The van der Waals surface area contributed by atoms with E-state index in [1.165, 1.54) is 31.4 Å². The topological polar surface area (TPSA) is 45.4 Å². The van der Waals surface area contributed by atoms with E-state index in [1.807, 2.05) is 0 Å². The van der Waals surface area contributed by atoms with Crippen LogP contribution in [0.2, 0.25) is 0 Å². The molecule has 0 radical (unpaired) electrons. The number of nitrogens with zero attached hydrogens (tertiary/aromatic N) is 4. The van der Waals surface area contributed by atoms with Crippen molar-refractivity contribution in [1.29, 1.82) is 0 Å². The van der Waals surface area contributed by atoms with Crippen molar-refractivity contribution in [2.45, 2.75) is 38.0 Å². The van der Waals surface area contributed by atoms with Gasteiger partial charge in [0.05, 0.1) is 0 Å². The van der Waals surface area contributed by atoms with E-state index in [0.29, 0.717) is 5.92 Å². The van der Waals surface area contributed by atoms with E-state index in [9.17, 15) is 0 Å². The normalized spacial score (nSPS) is 19.4. The van der Waals surface area contributed by atoms with Crippen molar-refractivity contribution in [3.05, 3.63) is 41.8 Å². The van der Waals surface area contributed by atoms with Crippen LogP contribution in [0.15, 0.2) is 34.7 Å². The first-order chi connectivity index (χ1) is 11.9. The van der Waals surface area contributed by atoms with Crippen molar-refractivity contribution >= 4 is 6.01 Å². The summed E-state index contributed by atoms with van der Waals surface area (Å²) in [6.07, 6.45) is 5.95. The van der Waals surface area contributed by atoms with Crippen LogP contribution >= 0.6 is 0 Å². The SMILES string of the molecule is c1ccc(CCCN2CCCN(c3nnc(C4CC4)o3)CC2)cc1. The highest BCUT2D eigenvalue weighted by atomic mass is 16.4. The van der Waals surface area contributed by atoms with Gasteiger partial charge in [-0.05, 0) is 50.8 Å². The average Bonchev–Trinajstić information content (AvgIpc) is 3.40. The Morgan fingerprint density at radius 1 is 1.00 bits per heavy atom. The Bertz CT molecular complexity index is 638. The molecule has 0 atom stereocenters. The molecule has 1 aliphatic carbocycles. The van der Waals surface area contributed by atoms with E-state index >= 15 is 0 Å². The number of aryl methyl sites for hydroxylation is 1. The third-order valence-corrected chi connectivity index (χ3v) is 5.00. The maximum absolute atomic E-state index is 5.86. The van der Waals surface area contributed by atoms with Gasteiger partial charge in [-0.1, -0.05) is 35.4 Å². The standard InChI is InChI=1S/C19H26N4O/c1-2-6-16(7-3-1)8-4-11-22-12-5-13-23(15-14-22)19-21-20-18(24-19)17-9-10-17/h1-3,6-7,17H,4-5,8-15H2. The number of benzene rings is 1. The number of hydrogen-bond donors (Lipinski definition) is 0. The zero-order chi connectivity index (χ0) is 16.2. The van der Waals surface area contributed by atoms with Crippen molar-refractivity contribution < 1.29 is 4.42 Å². The summed E-state index contributed by atoms with van der Waals surface area (Å²) in [6.45, 7) is 5.41. The Morgan fingerprint density at radius 3 is 2.71 bits per heavy atom. The fourth-order valence-corrected chi connectivity index (χ4v) is 3.39. The van der Waals surface area contributed by atoms with Gasteiger partial charge >= 0.3 is 6.01 Å². The Balaban J connectivity index is 1.24. The van der Waals surface area contributed by atoms with E-state index in [0.717, 1.165) is 50.9 Å².